The Morgan fingerprint density at radius 1 is 1.48 bits per heavy atom. The number of hydrogen-bond acceptors (Lipinski definition) is 3. The zero-order valence-electron chi connectivity index (χ0n) is 12.1. The molecular weight excluding hydrogens is 288 g/mol. The number of aromatic amines is 1. The van der Waals surface area contributed by atoms with Gasteiger partial charge in [-0.3, -0.25) is 9.89 Å². The molecule has 3 rings (SSSR count). The van der Waals surface area contributed by atoms with Crippen LogP contribution in [0.5, 0.6) is 0 Å². The third-order valence-electron chi connectivity index (χ3n) is 4.29. The van der Waals surface area contributed by atoms with E-state index in [1.54, 1.807) is 0 Å². The van der Waals surface area contributed by atoms with Crippen LogP contribution >= 0.6 is 12.4 Å². The molecule has 5 nitrogen and oxygen atoms in total. The summed E-state index contributed by atoms with van der Waals surface area (Å²) in [5.41, 5.74) is 7.27. The Morgan fingerprint density at radius 3 is 3.00 bits per heavy atom. The second kappa shape index (κ2) is 6.45. The van der Waals surface area contributed by atoms with E-state index < -0.39 is 0 Å². The van der Waals surface area contributed by atoms with E-state index in [0.717, 1.165) is 30.3 Å². The Kier molecular flexibility index (Phi) is 4.85. The molecule has 0 bridgehead atoms. The number of likely N-dealkylation sites (tertiary alicyclic amines) is 1. The van der Waals surface area contributed by atoms with Gasteiger partial charge in [0.15, 0.2) is 5.69 Å². The van der Waals surface area contributed by atoms with E-state index in [-0.39, 0.29) is 24.4 Å². The fraction of sp³-hybridized carbons (Fsp3) is 0.467. The highest BCUT2D eigenvalue weighted by atomic mass is 35.5. The van der Waals surface area contributed by atoms with E-state index in [1.807, 2.05) is 29.2 Å². The fourth-order valence-corrected chi connectivity index (χ4v) is 3.12. The number of aromatic nitrogens is 2. The average Bonchev–Trinajstić information content (AvgIpc) is 2.90. The Morgan fingerprint density at radius 2 is 2.24 bits per heavy atom. The first-order valence-corrected chi connectivity index (χ1v) is 7.16. The van der Waals surface area contributed by atoms with Crippen molar-refractivity contribution in [3.05, 3.63) is 30.0 Å². The van der Waals surface area contributed by atoms with E-state index in [1.165, 1.54) is 0 Å². The number of para-hydroxylation sites is 1. The molecule has 1 aromatic heterocycles. The number of piperidine rings is 1. The van der Waals surface area contributed by atoms with Crippen LogP contribution in [0.4, 0.5) is 0 Å². The number of nitrogens with two attached hydrogens (primary N) is 1. The molecule has 1 saturated heterocycles. The van der Waals surface area contributed by atoms with Gasteiger partial charge in [0.25, 0.3) is 5.91 Å². The van der Waals surface area contributed by atoms with Crippen LogP contribution < -0.4 is 5.73 Å². The minimum atomic E-state index is -0.00977. The molecule has 1 aromatic carbocycles. The Hall–Kier alpha value is -1.59. The van der Waals surface area contributed by atoms with Crippen LogP contribution in [0.1, 0.15) is 30.3 Å². The number of benzene rings is 1. The first-order chi connectivity index (χ1) is 9.72. The molecule has 1 fully saturated rings. The Balaban J connectivity index is 0.00000161. The van der Waals surface area contributed by atoms with Crippen molar-refractivity contribution < 1.29 is 4.79 Å². The third kappa shape index (κ3) is 2.76. The van der Waals surface area contributed by atoms with Crippen molar-refractivity contribution in [3.8, 4) is 0 Å². The standard InChI is InChI=1S/C15H20N4O.ClH/c1-10-5-4-8-19(13(10)9-16)15(20)14-11-6-2-3-7-12(11)17-18-14;/h2-3,6-7,10,13H,4-5,8-9,16H2,1H3,(H,17,18);1H. The highest BCUT2D eigenvalue weighted by molar-refractivity contribution is 6.04. The van der Waals surface area contributed by atoms with Gasteiger partial charge in [-0.25, -0.2) is 0 Å². The van der Waals surface area contributed by atoms with Gasteiger partial charge in [-0.15, -0.1) is 12.4 Å². The summed E-state index contributed by atoms with van der Waals surface area (Å²) in [4.78, 5) is 14.7. The summed E-state index contributed by atoms with van der Waals surface area (Å²) in [6.45, 7) is 3.45. The lowest BCUT2D eigenvalue weighted by Gasteiger charge is -2.39. The lowest BCUT2D eigenvalue weighted by Crippen LogP contribution is -2.51. The minimum absolute atomic E-state index is 0. The van der Waals surface area contributed by atoms with Gasteiger partial charge in [-0.1, -0.05) is 25.1 Å². The number of carbonyl (C=O) groups is 1. The topological polar surface area (TPSA) is 75.0 Å². The monoisotopic (exact) mass is 308 g/mol. The number of amides is 1. The summed E-state index contributed by atoms with van der Waals surface area (Å²) in [6, 6.07) is 7.83. The van der Waals surface area contributed by atoms with Crippen LogP contribution in [0.15, 0.2) is 24.3 Å². The molecule has 0 aliphatic carbocycles. The van der Waals surface area contributed by atoms with Crippen LogP contribution in [0.25, 0.3) is 10.9 Å². The van der Waals surface area contributed by atoms with Crippen molar-refractivity contribution in [2.24, 2.45) is 11.7 Å². The van der Waals surface area contributed by atoms with Crippen LogP contribution in [0.3, 0.4) is 0 Å². The number of fused-ring (bicyclic) bond motifs is 1. The molecule has 3 N–H and O–H groups in total. The van der Waals surface area contributed by atoms with Crippen molar-refractivity contribution in [3.63, 3.8) is 0 Å². The normalized spacial score (nSPS) is 22.1. The fourth-order valence-electron chi connectivity index (χ4n) is 3.12. The largest absolute Gasteiger partial charge is 0.333 e. The second-order valence-electron chi connectivity index (χ2n) is 5.54. The first kappa shape index (κ1) is 15.8. The molecule has 2 heterocycles. The summed E-state index contributed by atoms with van der Waals surface area (Å²) in [5.74, 6) is 0.437. The van der Waals surface area contributed by atoms with Crippen LogP contribution in [-0.2, 0) is 0 Å². The molecule has 6 heteroatoms. The lowest BCUT2D eigenvalue weighted by molar-refractivity contribution is 0.0528. The maximum Gasteiger partial charge on any atom is 0.275 e. The number of hydrogen-bond donors (Lipinski definition) is 2. The van der Waals surface area contributed by atoms with E-state index in [2.05, 4.69) is 17.1 Å². The summed E-state index contributed by atoms with van der Waals surface area (Å²) < 4.78 is 0. The predicted octanol–water partition coefficient (Wildman–Crippen LogP) is 2.18. The van der Waals surface area contributed by atoms with Crippen LogP contribution in [0, 0.1) is 5.92 Å². The Labute approximate surface area is 130 Å². The summed E-state index contributed by atoms with van der Waals surface area (Å²) in [7, 11) is 0. The van der Waals surface area contributed by atoms with E-state index >= 15 is 0 Å². The highest BCUT2D eigenvalue weighted by Gasteiger charge is 2.32. The van der Waals surface area contributed by atoms with Crippen molar-refractivity contribution in [1.82, 2.24) is 15.1 Å². The summed E-state index contributed by atoms with van der Waals surface area (Å²) in [6.07, 6.45) is 2.17. The molecule has 1 aliphatic rings. The molecule has 2 atom stereocenters. The van der Waals surface area contributed by atoms with Gasteiger partial charge in [-0.05, 0) is 24.8 Å². The predicted molar refractivity (Wildman–Crippen MR) is 85.6 cm³/mol. The third-order valence-corrected chi connectivity index (χ3v) is 4.29. The number of H-pyrrole nitrogens is 1. The SMILES string of the molecule is CC1CCCN(C(=O)c2n[nH]c3ccccc23)C1CN.Cl. The molecular formula is C15H21ClN4O. The van der Waals surface area contributed by atoms with Gasteiger partial charge < -0.3 is 10.6 Å². The lowest BCUT2D eigenvalue weighted by atomic mass is 9.90. The number of rotatable bonds is 2. The number of halogens is 1. The Bertz CT molecular complexity index is 627. The van der Waals surface area contributed by atoms with Gasteiger partial charge in [0, 0.05) is 24.5 Å². The van der Waals surface area contributed by atoms with Crippen molar-refractivity contribution in [1.29, 1.82) is 0 Å². The summed E-state index contributed by atoms with van der Waals surface area (Å²) in [5, 5.41) is 8.01. The van der Waals surface area contributed by atoms with E-state index in [0.29, 0.717) is 18.2 Å². The number of nitrogens with one attached hydrogen (secondary N) is 1. The number of nitrogens with zero attached hydrogens (tertiary/aromatic N) is 2. The molecule has 1 amide bonds. The average molecular weight is 309 g/mol. The quantitative estimate of drug-likeness (QED) is 0.893. The molecule has 2 aromatic rings. The van der Waals surface area contributed by atoms with Gasteiger partial charge >= 0.3 is 0 Å². The molecule has 1 aliphatic heterocycles. The first-order valence-electron chi connectivity index (χ1n) is 7.16. The van der Waals surface area contributed by atoms with Crippen molar-refractivity contribution in [2.75, 3.05) is 13.1 Å². The van der Waals surface area contributed by atoms with Crippen LogP contribution in [-0.4, -0.2) is 40.1 Å². The van der Waals surface area contributed by atoms with Crippen molar-refractivity contribution >= 4 is 29.2 Å². The van der Waals surface area contributed by atoms with Crippen molar-refractivity contribution in [2.45, 2.75) is 25.8 Å². The molecule has 2 unspecified atom stereocenters. The van der Waals surface area contributed by atoms with E-state index in [4.69, 9.17) is 5.73 Å². The molecule has 0 radical (unpaired) electrons. The number of carbonyl (C=O) groups excluding carboxylic acids is 1. The zero-order valence-corrected chi connectivity index (χ0v) is 12.9. The molecule has 21 heavy (non-hydrogen) atoms. The minimum Gasteiger partial charge on any atom is -0.333 e. The highest BCUT2D eigenvalue weighted by Crippen LogP contribution is 2.25. The van der Waals surface area contributed by atoms with Gasteiger partial charge in [-0.2, -0.15) is 5.10 Å². The molecule has 114 valence electrons. The maximum absolute atomic E-state index is 12.8. The second-order valence-corrected chi connectivity index (χ2v) is 5.54. The maximum atomic E-state index is 12.8. The smallest absolute Gasteiger partial charge is 0.275 e. The van der Waals surface area contributed by atoms with Crippen LogP contribution in [0.2, 0.25) is 0 Å². The van der Waals surface area contributed by atoms with E-state index in [9.17, 15) is 4.79 Å². The molecule has 0 spiro atoms. The zero-order chi connectivity index (χ0) is 14.1. The van der Waals surface area contributed by atoms with Gasteiger partial charge in [0.2, 0.25) is 0 Å². The summed E-state index contributed by atoms with van der Waals surface area (Å²) >= 11 is 0. The van der Waals surface area contributed by atoms with Gasteiger partial charge in [0.1, 0.15) is 0 Å². The molecule has 0 saturated carbocycles. The van der Waals surface area contributed by atoms with Gasteiger partial charge in [0.05, 0.1) is 5.52 Å².